The van der Waals surface area contributed by atoms with Gasteiger partial charge in [-0.3, -0.25) is 4.79 Å². The molecule has 1 unspecified atom stereocenters. The Balaban J connectivity index is 0.00000261. The summed E-state index contributed by atoms with van der Waals surface area (Å²) < 4.78 is 0. The number of likely N-dealkylation sites (tertiary alicyclic amines) is 1. The van der Waals surface area contributed by atoms with Crippen LogP contribution in [0.2, 0.25) is 0 Å². The van der Waals surface area contributed by atoms with Gasteiger partial charge in [-0.1, -0.05) is 67.1 Å². The fourth-order valence-corrected chi connectivity index (χ4v) is 4.11. The lowest BCUT2D eigenvalue weighted by Gasteiger charge is -2.20. The zero-order valence-corrected chi connectivity index (χ0v) is 16.6. The maximum atomic E-state index is 10.8. The molecule has 1 fully saturated rings. The first-order valence-corrected chi connectivity index (χ1v) is 9.76. The van der Waals surface area contributed by atoms with E-state index in [9.17, 15) is 4.79 Å². The van der Waals surface area contributed by atoms with E-state index in [1.807, 2.05) is 0 Å². The van der Waals surface area contributed by atoms with Gasteiger partial charge in [0.2, 0.25) is 0 Å². The number of hydrogen-bond acceptors (Lipinski definition) is 2. The number of carboxylic acids is 1. The highest BCUT2D eigenvalue weighted by atomic mass is 35.5. The summed E-state index contributed by atoms with van der Waals surface area (Å²) in [6.45, 7) is 3.10. The largest absolute Gasteiger partial charge is 0.481 e. The van der Waals surface area contributed by atoms with Gasteiger partial charge in [-0.25, -0.2) is 0 Å². The molecule has 0 aromatic heterocycles. The van der Waals surface area contributed by atoms with Crippen molar-refractivity contribution in [2.24, 2.45) is 5.92 Å². The lowest BCUT2D eigenvalue weighted by Crippen LogP contribution is -2.22. The van der Waals surface area contributed by atoms with Crippen LogP contribution in [0, 0.1) is 5.92 Å². The first-order valence-electron chi connectivity index (χ1n) is 9.76. The SMILES string of the molecule is Cl.O=C(O)CC1CCN(CCCCC(c2ccccc2)c2ccccc2)C1. The molecule has 0 aliphatic carbocycles. The standard InChI is InChI=1S/C23H29NO2.ClH/c25-23(26)17-19-14-16-24(18-19)15-8-7-13-22(20-9-3-1-4-10-20)21-11-5-2-6-12-21;/h1-6,9-12,19,22H,7-8,13-18H2,(H,25,26);1H. The molecule has 0 radical (unpaired) electrons. The van der Waals surface area contributed by atoms with Gasteiger partial charge in [0.25, 0.3) is 0 Å². The van der Waals surface area contributed by atoms with E-state index in [1.54, 1.807) is 0 Å². The van der Waals surface area contributed by atoms with Crippen LogP contribution in [0.3, 0.4) is 0 Å². The minimum atomic E-state index is -0.662. The number of rotatable bonds is 9. The summed E-state index contributed by atoms with van der Waals surface area (Å²) in [5.41, 5.74) is 2.78. The van der Waals surface area contributed by atoms with Gasteiger partial charge >= 0.3 is 5.97 Å². The summed E-state index contributed by atoms with van der Waals surface area (Å²) in [6, 6.07) is 21.6. The van der Waals surface area contributed by atoms with Crippen LogP contribution in [0.5, 0.6) is 0 Å². The highest BCUT2D eigenvalue weighted by molar-refractivity contribution is 5.85. The third-order valence-electron chi connectivity index (χ3n) is 5.45. The Kier molecular flexibility index (Phi) is 8.83. The zero-order chi connectivity index (χ0) is 18.2. The molecule has 2 aromatic carbocycles. The number of nitrogens with zero attached hydrogens (tertiary/aromatic N) is 1. The number of benzene rings is 2. The van der Waals surface area contributed by atoms with Crippen molar-refractivity contribution in [3.63, 3.8) is 0 Å². The highest BCUT2D eigenvalue weighted by Gasteiger charge is 2.24. The molecule has 4 heteroatoms. The van der Waals surface area contributed by atoms with E-state index in [0.29, 0.717) is 18.3 Å². The molecule has 0 bridgehead atoms. The van der Waals surface area contributed by atoms with Crippen molar-refractivity contribution in [1.82, 2.24) is 4.90 Å². The van der Waals surface area contributed by atoms with Crippen molar-refractivity contribution in [3.05, 3.63) is 71.8 Å². The van der Waals surface area contributed by atoms with E-state index in [4.69, 9.17) is 5.11 Å². The van der Waals surface area contributed by atoms with E-state index in [2.05, 4.69) is 65.6 Å². The molecule has 2 aromatic rings. The van der Waals surface area contributed by atoms with Crippen molar-refractivity contribution < 1.29 is 9.90 Å². The smallest absolute Gasteiger partial charge is 0.303 e. The molecule has 146 valence electrons. The van der Waals surface area contributed by atoms with Crippen molar-refractivity contribution in [3.8, 4) is 0 Å². The average Bonchev–Trinajstić information content (AvgIpc) is 3.10. The summed E-state index contributed by atoms with van der Waals surface area (Å²) in [6.07, 6.45) is 4.87. The molecule has 0 spiro atoms. The van der Waals surface area contributed by atoms with E-state index < -0.39 is 5.97 Å². The number of halogens is 1. The van der Waals surface area contributed by atoms with Gasteiger partial charge in [-0.15, -0.1) is 12.4 Å². The Hall–Kier alpha value is -1.84. The van der Waals surface area contributed by atoms with Crippen LogP contribution in [0.15, 0.2) is 60.7 Å². The minimum Gasteiger partial charge on any atom is -0.481 e. The molecule has 1 N–H and O–H groups in total. The van der Waals surface area contributed by atoms with Crippen molar-refractivity contribution in [2.45, 2.75) is 38.0 Å². The number of carbonyl (C=O) groups is 1. The molecule has 1 aliphatic heterocycles. The lowest BCUT2D eigenvalue weighted by molar-refractivity contribution is -0.138. The normalized spacial score (nSPS) is 17.0. The molecule has 3 nitrogen and oxygen atoms in total. The monoisotopic (exact) mass is 387 g/mol. The molecule has 0 saturated carbocycles. The molecule has 1 atom stereocenters. The second kappa shape index (κ2) is 11.1. The summed E-state index contributed by atoms with van der Waals surface area (Å²) in [7, 11) is 0. The second-order valence-corrected chi connectivity index (χ2v) is 7.42. The molecule has 27 heavy (non-hydrogen) atoms. The van der Waals surface area contributed by atoms with Crippen molar-refractivity contribution in [2.75, 3.05) is 19.6 Å². The average molecular weight is 388 g/mol. The van der Waals surface area contributed by atoms with E-state index in [1.165, 1.54) is 24.0 Å². The molecule has 0 amide bonds. The van der Waals surface area contributed by atoms with Gasteiger partial charge in [-0.05, 0) is 49.4 Å². The predicted octanol–water partition coefficient (Wildman–Crippen LogP) is 5.21. The predicted molar refractivity (Wildman–Crippen MR) is 113 cm³/mol. The molecular formula is C23H30ClNO2. The van der Waals surface area contributed by atoms with E-state index in [0.717, 1.165) is 32.5 Å². The van der Waals surface area contributed by atoms with Crippen LogP contribution in [0.1, 0.15) is 49.1 Å². The van der Waals surface area contributed by atoms with Gasteiger partial charge in [0.1, 0.15) is 0 Å². The summed E-state index contributed by atoms with van der Waals surface area (Å²) >= 11 is 0. The lowest BCUT2D eigenvalue weighted by atomic mass is 9.87. The number of aliphatic carboxylic acids is 1. The molecule has 1 aliphatic rings. The maximum Gasteiger partial charge on any atom is 0.303 e. The van der Waals surface area contributed by atoms with Crippen LogP contribution < -0.4 is 0 Å². The van der Waals surface area contributed by atoms with Gasteiger partial charge in [-0.2, -0.15) is 0 Å². The molecule has 3 rings (SSSR count). The molecular weight excluding hydrogens is 358 g/mol. The van der Waals surface area contributed by atoms with Crippen molar-refractivity contribution in [1.29, 1.82) is 0 Å². The molecule has 1 saturated heterocycles. The number of carboxylic acid groups (broad SMARTS) is 1. The maximum absolute atomic E-state index is 10.8. The fraction of sp³-hybridized carbons (Fsp3) is 0.435. The Labute approximate surface area is 168 Å². The summed E-state index contributed by atoms with van der Waals surface area (Å²) in [5.74, 6) is 0.134. The molecule has 1 heterocycles. The van der Waals surface area contributed by atoms with Crippen LogP contribution in [0.4, 0.5) is 0 Å². The van der Waals surface area contributed by atoms with Crippen LogP contribution in [-0.4, -0.2) is 35.6 Å². The van der Waals surface area contributed by atoms with Gasteiger partial charge < -0.3 is 10.0 Å². The third kappa shape index (κ3) is 6.67. The highest BCUT2D eigenvalue weighted by Crippen LogP contribution is 2.30. The number of unbranched alkanes of at least 4 members (excludes halogenated alkanes) is 1. The van der Waals surface area contributed by atoms with E-state index in [-0.39, 0.29) is 12.4 Å². The second-order valence-electron chi connectivity index (χ2n) is 7.42. The summed E-state index contributed by atoms with van der Waals surface area (Å²) in [5, 5.41) is 8.93. The van der Waals surface area contributed by atoms with Crippen LogP contribution in [-0.2, 0) is 4.79 Å². The third-order valence-corrected chi connectivity index (χ3v) is 5.45. The first kappa shape index (κ1) is 21.5. The van der Waals surface area contributed by atoms with E-state index >= 15 is 0 Å². The zero-order valence-electron chi connectivity index (χ0n) is 15.8. The van der Waals surface area contributed by atoms with Crippen LogP contribution >= 0.6 is 12.4 Å². The fourth-order valence-electron chi connectivity index (χ4n) is 4.11. The van der Waals surface area contributed by atoms with Gasteiger partial charge in [0.05, 0.1) is 0 Å². The van der Waals surface area contributed by atoms with Gasteiger partial charge in [0, 0.05) is 18.9 Å². The quantitative estimate of drug-likeness (QED) is 0.600. The Morgan fingerprint density at radius 2 is 1.59 bits per heavy atom. The summed E-state index contributed by atoms with van der Waals surface area (Å²) in [4.78, 5) is 13.3. The Morgan fingerprint density at radius 3 is 2.15 bits per heavy atom. The van der Waals surface area contributed by atoms with Gasteiger partial charge in [0.15, 0.2) is 0 Å². The van der Waals surface area contributed by atoms with Crippen molar-refractivity contribution >= 4 is 18.4 Å². The number of hydrogen-bond donors (Lipinski definition) is 1. The van der Waals surface area contributed by atoms with Crippen LogP contribution in [0.25, 0.3) is 0 Å². The minimum absolute atomic E-state index is 0. The topological polar surface area (TPSA) is 40.5 Å². The Morgan fingerprint density at radius 1 is 1.00 bits per heavy atom. The first-order chi connectivity index (χ1) is 12.7. The Bertz CT molecular complexity index is 638.